The lowest BCUT2D eigenvalue weighted by molar-refractivity contribution is 0.101. The molecule has 1 aromatic heterocycles. The summed E-state index contributed by atoms with van der Waals surface area (Å²) in [6.45, 7) is 0.218. The molecule has 2 heterocycles. The number of thiophene rings is 1. The predicted octanol–water partition coefficient (Wildman–Crippen LogP) is 3.42. The number of carbonyl (C=O) groups is 1. The Kier molecular flexibility index (Phi) is 3.70. The number of benzene rings is 1. The van der Waals surface area contributed by atoms with E-state index in [-0.39, 0.29) is 12.5 Å². The lowest BCUT2D eigenvalue weighted by Crippen LogP contribution is -2.28. The van der Waals surface area contributed by atoms with Crippen LogP contribution in [0.2, 0.25) is 0 Å². The summed E-state index contributed by atoms with van der Waals surface area (Å²) in [6.07, 6.45) is 5.25. The van der Waals surface area contributed by atoms with E-state index in [1.54, 1.807) is 11.4 Å². The van der Waals surface area contributed by atoms with Gasteiger partial charge in [-0.25, -0.2) is 13.3 Å². The molecule has 2 aliphatic carbocycles. The molecule has 136 valence electrons. The van der Waals surface area contributed by atoms with Gasteiger partial charge in [0.2, 0.25) is 0 Å². The molecule has 0 saturated carbocycles. The van der Waals surface area contributed by atoms with Crippen molar-refractivity contribution in [1.82, 2.24) is 4.72 Å². The standard InChI is InChI=1S/C18H18FN3O2S2/c19-15-10-3-1-5-12(10)16(13-6-2-4-11(13)15)20-9-21-26(24)14-7-8-25-17(14)18(23)22-26/h7-8,20H,1-6,9H2,(H,21,22,23,24). The van der Waals surface area contributed by atoms with Gasteiger partial charge in [0.15, 0.2) is 0 Å². The van der Waals surface area contributed by atoms with E-state index in [2.05, 4.69) is 14.4 Å². The summed E-state index contributed by atoms with van der Waals surface area (Å²) < 4.78 is 34.5. The molecule has 0 radical (unpaired) electrons. The molecular weight excluding hydrogens is 373 g/mol. The van der Waals surface area contributed by atoms with Gasteiger partial charge in [-0.05, 0) is 72.2 Å². The first kappa shape index (κ1) is 16.4. The quantitative estimate of drug-likeness (QED) is 0.785. The van der Waals surface area contributed by atoms with Gasteiger partial charge >= 0.3 is 0 Å². The van der Waals surface area contributed by atoms with E-state index in [1.807, 2.05) is 0 Å². The summed E-state index contributed by atoms with van der Waals surface area (Å²) in [6, 6.07) is 1.69. The summed E-state index contributed by atoms with van der Waals surface area (Å²) in [7, 11) is -2.93. The highest BCUT2D eigenvalue weighted by Gasteiger charge is 2.31. The van der Waals surface area contributed by atoms with Crippen molar-refractivity contribution in [3.05, 3.63) is 44.4 Å². The third kappa shape index (κ3) is 2.28. The van der Waals surface area contributed by atoms with E-state index >= 15 is 0 Å². The minimum Gasteiger partial charge on any atom is -0.371 e. The van der Waals surface area contributed by atoms with Crippen LogP contribution in [0.5, 0.6) is 0 Å². The van der Waals surface area contributed by atoms with E-state index in [1.165, 1.54) is 11.3 Å². The largest absolute Gasteiger partial charge is 0.371 e. The lowest BCUT2D eigenvalue weighted by Gasteiger charge is -2.18. The number of nitrogens with zero attached hydrogens (tertiary/aromatic N) is 1. The monoisotopic (exact) mass is 391 g/mol. The zero-order valence-electron chi connectivity index (χ0n) is 14.1. The molecular formula is C18H18FN3O2S2. The molecule has 1 amide bonds. The van der Waals surface area contributed by atoms with Crippen LogP contribution in [0.4, 0.5) is 10.1 Å². The first-order valence-electron chi connectivity index (χ1n) is 8.81. The molecule has 2 N–H and O–H groups in total. The molecule has 5 rings (SSSR count). The Morgan fingerprint density at radius 1 is 1.12 bits per heavy atom. The average Bonchev–Trinajstić information content (AvgIpc) is 3.39. The lowest BCUT2D eigenvalue weighted by atomic mass is 9.98. The Morgan fingerprint density at radius 3 is 2.46 bits per heavy atom. The Hall–Kier alpha value is -1.77. The van der Waals surface area contributed by atoms with Gasteiger partial charge in [-0.2, -0.15) is 0 Å². The Balaban J connectivity index is 1.44. The van der Waals surface area contributed by atoms with Gasteiger partial charge < -0.3 is 5.32 Å². The highest BCUT2D eigenvalue weighted by molar-refractivity contribution is 7.92. The van der Waals surface area contributed by atoms with E-state index in [0.717, 1.165) is 66.5 Å². The number of fused-ring (bicyclic) bond motifs is 3. The summed E-state index contributed by atoms with van der Waals surface area (Å²) in [5, 5.41) is 5.09. The van der Waals surface area contributed by atoms with Gasteiger partial charge in [0.1, 0.15) is 20.6 Å². The van der Waals surface area contributed by atoms with Crippen LogP contribution in [0.1, 0.15) is 44.8 Å². The van der Waals surface area contributed by atoms with Crippen molar-refractivity contribution >= 4 is 32.8 Å². The second kappa shape index (κ2) is 5.87. The first-order chi connectivity index (χ1) is 12.6. The SMILES string of the molecule is O=C1N=S(=O)(NCNc2c3c(c(F)c4c2CCC4)CCC3)c2ccsc21. The number of hydrogen-bond donors (Lipinski definition) is 2. The molecule has 1 aliphatic heterocycles. The first-order valence-corrected chi connectivity index (χ1v) is 11.2. The molecule has 8 heteroatoms. The van der Waals surface area contributed by atoms with Crippen LogP contribution in [0.15, 0.2) is 20.7 Å². The number of halogens is 1. The van der Waals surface area contributed by atoms with Crippen molar-refractivity contribution < 1.29 is 13.4 Å². The van der Waals surface area contributed by atoms with Gasteiger partial charge in [0.25, 0.3) is 5.91 Å². The third-order valence-electron chi connectivity index (χ3n) is 5.43. The molecule has 0 bridgehead atoms. The number of carbonyl (C=O) groups excluding carboxylic acids is 1. The number of amides is 1. The summed E-state index contributed by atoms with van der Waals surface area (Å²) in [5.74, 6) is -0.426. The fourth-order valence-corrected chi connectivity index (χ4v) is 7.11. The van der Waals surface area contributed by atoms with Crippen LogP contribution >= 0.6 is 11.3 Å². The molecule has 1 unspecified atom stereocenters. The van der Waals surface area contributed by atoms with Gasteiger partial charge in [0, 0.05) is 5.69 Å². The van der Waals surface area contributed by atoms with Crippen molar-refractivity contribution in [2.45, 2.75) is 43.4 Å². The maximum absolute atomic E-state index is 14.7. The fourth-order valence-electron chi connectivity index (χ4n) is 4.31. The van der Waals surface area contributed by atoms with Crippen LogP contribution in [0.3, 0.4) is 0 Å². The maximum Gasteiger partial charge on any atom is 0.297 e. The van der Waals surface area contributed by atoms with E-state index in [4.69, 9.17) is 0 Å². The minimum absolute atomic E-state index is 0.00580. The molecule has 1 atom stereocenters. The van der Waals surface area contributed by atoms with E-state index in [0.29, 0.717) is 9.77 Å². The van der Waals surface area contributed by atoms with Crippen LogP contribution < -0.4 is 10.0 Å². The third-order valence-corrected chi connectivity index (χ3v) is 8.36. The predicted molar refractivity (Wildman–Crippen MR) is 99.6 cm³/mol. The molecule has 5 nitrogen and oxygen atoms in total. The van der Waals surface area contributed by atoms with Crippen molar-refractivity contribution in [1.29, 1.82) is 0 Å². The topological polar surface area (TPSA) is 70.6 Å². The normalized spacial score (nSPS) is 22.9. The smallest absolute Gasteiger partial charge is 0.297 e. The van der Waals surface area contributed by atoms with Gasteiger partial charge in [0.05, 0.1) is 11.6 Å². The summed E-state index contributed by atoms with van der Waals surface area (Å²) >= 11 is 1.26. The minimum atomic E-state index is -2.93. The summed E-state index contributed by atoms with van der Waals surface area (Å²) in [4.78, 5) is 12.8. The molecule has 0 spiro atoms. The van der Waals surface area contributed by atoms with Gasteiger partial charge in [-0.3, -0.25) is 4.79 Å². The van der Waals surface area contributed by atoms with Crippen molar-refractivity contribution in [3.63, 3.8) is 0 Å². The maximum atomic E-state index is 14.7. The van der Waals surface area contributed by atoms with Crippen LogP contribution in [0.25, 0.3) is 0 Å². The molecule has 26 heavy (non-hydrogen) atoms. The number of anilines is 1. The second-order valence-electron chi connectivity index (χ2n) is 6.84. The van der Waals surface area contributed by atoms with Crippen LogP contribution in [-0.2, 0) is 35.6 Å². The molecule has 2 aromatic rings. The van der Waals surface area contributed by atoms with Crippen molar-refractivity contribution in [2.75, 3.05) is 12.0 Å². The van der Waals surface area contributed by atoms with Crippen LogP contribution in [-0.4, -0.2) is 16.8 Å². The summed E-state index contributed by atoms with van der Waals surface area (Å²) in [5.41, 5.74) is 4.82. The Bertz CT molecular complexity index is 1030. The van der Waals surface area contributed by atoms with Gasteiger partial charge in [-0.15, -0.1) is 15.7 Å². The van der Waals surface area contributed by atoms with Crippen LogP contribution in [0, 0.1) is 5.82 Å². The van der Waals surface area contributed by atoms with E-state index < -0.39 is 15.8 Å². The molecule has 1 aromatic carbocycles. The fraction of sp³-hybridized carbons (Fsp3) is 0.389. The number of hydrogen-bond acceptors (Lipinski definition) is 4. The molecule has 3 aliphatic rings. The molecule has 0 saturated heterocycles. The highest BCUT2D eigenvalue weighted by atomic mass is 32.2. The van der Waals surface area contributed by atoms with E-state index in [9.17, 15) is 13.4 Å². The number of nitrogens with one attached hydrogen (secondary N) is 2. The Morgan fingerprint density at radius 2 is 1.77 bits per heavy atom. The average molecular weight is 391 g/mol. The van der Waals surface area contributed by atoms with Crippen molar-refractivity contribution in [2.24, 2.45) is 4.36 Å². The highest BCUT2D eigenvalue weighted by Crippen LogP contribution is 2.40. The number of rotatable bonds is 4. The van der Waals surface area contributed by atoms with Gasteiger partial charge in [-0.1, -0.05) is 0 Å². The second-order valence-corrected chi connectivity index (χ2v) is 9.72. The Labute approximate surface area is 155 Å². The zero-order chi connectivity index (χ0) is 17.9. The van der Waals surface area contributed by atoms with Crippen molar-refractivity contribution in [3.8, 4) is 0 Å². The molecule has 0 fully saturated rings. The zero-order valence-corrected chi connectivity index (χ0v) is 15.7.